The van der Waals surface area contributed by atoms with Crippen molar-refractivity contribution in [3.8, 4) is 11.5 Å². The van der Waals surface area contributed by atoms with Crippen LogP contribution in [0.15, 0.2) is 36.4 Å². The topological polar surface area (TPSA) is 52.4 Å². The molecule has 2 aromatic carbocycles. The van der Waals surface area contributed by atoms with Crippen LogP contribution in [0.5, 0.6) is 11.5 Å². The maximum atomic E-state index is 13.4. The highest BCUT2D eigenvalue weighted by molar-refractivity contribution is 6.17. The Morgan fingerprint density at radius 1 is 1.30 bits per heavy atom. The molecule has 4 nitrogen and oxygen atoms in total. The Labute approximate surface area is 119 Å². The van der Waals surface area contributed by atoms with Gasteiger partial charge in [0.25, 0.3) is 0 Å². The van der Waals surface area contributed by atoms with Gasteiger partial charge in [-0.05, 0) is 36.2 Å². The minimum absolute atomic E-state index is 0.0705. The van der Waals surface area contributed by atoms with Gasteiger partial charge in [0.2, 0.25) is 5.75 Å². The number of nitro benzene ring substituents is 1. The number of ether oxygens (including phenoxy) is 1. The molecule has 0 atom stereocenters. The van der Waals surface area contributed by atoms with Gasteiger partial charge in [0.1, 0.15) is 11.6 Å². The zero-order valence-corrected chi connectivity index (χ0v) is 11.4. The van der Waals surface area contributed by atoms with Gasteiger partial charge in [-0.15, -0.1) is 11.6 Å². The molecule has 0 spiro atoms. The number of nitrogens with zero attached hydrogens (tertiary/aromatic N) is 1. The number of hydrogen-bond acceptors (Lipinski definition) is 3. The second kappa shape index (κ2) is 5.88. The van der Waals surface area contributed by atoms with E-state index in [4.69, 9.17) is 16.3 Å². The molecule has 0 aliphatic heterocycles. The second-order valence-electron chi connectivity index (χ2n) is 4.26. The van der Waals surface area contributed by atoms with Crippen LogP contribution >= 0.6 is 11.6 Å². The molecular weight excluding hydrogens is 285 g/mol. The van der Waals surface area contributed by atoms with E-state index in [0.717, 1.165) is 11.6 Å². The fourth-order valence-corrected chi connectivity index (χ4v) is 1.89. The van der Waals surface area contributed by atoms with E-state index < -0.39 is 10.7 Å². The summed E-state index contributed by atoms with van der Waals surface area (Å²) in [5, 5.41) is 10.9. The van der Waals surface area contributed by atoms with Gasteiger partial charge in [-0.1, -0.05) is 6.07 Å². The van der Waals surface area contributed by atoms with Crippen molar-refractivity contribution >= 4 is 17.3 Å². The zero-order valence-electron chi connectivity index (χ0n) is 10.6. The molecule has 6 heteroatoms. The van der Waals surface area contributed by atoms with Gasteiger partial charge in [-0.2, -0.15) is 0 Å². The second-order valence-corrected chi connectivity index (χ2v) is 4.53. The van der Waals surface area contributed by atoms with Gasteiger partial charge in [-0.25, -0.2) is 4.39 Å². The summed E-state index contributed by atoms with van der Waals surface area (Å²) in [6.07, 6.45) is 0. The molecule has 0 fully saturated rings. The van der Waals surface area contributed by atoms with Crippen LogP contribution in [-0.4, -0.2) is 4.92 Å². The summed E-state index contributed by atoms with van der Waals surface area (Å²) in [4.78, 5) is 10.4. The number of rotatable bonds is 4. The Hall–Kier alpha value is -2.14. The van der Waals surface area contributed by atoms with Crippen molar-refractivity contribution in [3.05, 3.63) is 63.5 Å². The molecule has 0 radical (unpaired) electrons. The number of aryl methyl sites for hydroxylation is 1. The van der Waals surface area contributed by atoms with Crippen molar-refractivity contribution in [2.75, 3.05) is 0 Å². The first-order valence-corrected chi connectivity index (χ1v) is 6.31. The first kappa shape index (κ1) is 14.3. The van der Waals surface area contributed by atoms with Crippen molar-refractivity contribution in [1.29, 1.82) is 0 Å². The fourth-order valence-electron chi connectivity index (χ4n) is 1.74. The van der Waals surface area contributed by atoms with Crippen LogP contribution in [0.1, 0.15) is 11.1 Å². The molecule has 0 bridgehead atoms. The van der Waals surface area contributed by atoms with Crippen LogP contribution in [0.4, 0.5) is 10.1 Å². The number of hydrogen-bond donors (Lipinski definition) is 0. The van der Waals surface area contributed by atoms with Gasteiger partial charge in [0.15, 0.2) is 0 Å². The Kier molecular flexibility index (Phi) is 4.20. The maximum absolute atomic E-state index is 13.4. The summed E-state index contributed by atoms with van der Waals surface area (Å²) in [6, 6.07) is 8.48. The Bertz CT molecular complexity index is 661. The molecule has 0 saturated carbocycles. The van der Waals surface area contributed by atoms with Gasteiger partial charge < -0.3 is 4.74 Å². The standard InChI is InChI=1S/C14H11ClFNO3/c1-9-2-3-13(17(18)19)14(4-9)20-12-6-10(8-15)5-11(16)7-12/h2-7H,8H2,1H3. The third-order valence-electron chi connectivity index (χ3n) is 2.63. The Balaban J connectivity index is 2.41. The predicted molar refractivity (Wildman–Crippen MR) is 73.9 cm³/mol. The molecule has 0 aromatic heterocycles. The molecule has 0 amide bonds. The van der Waals surface area contributed by atoms with E-state index in [0.29, 0.717) is 5.56 Å². The molecule has 0 aliphatic carbocycles. The van der Waals surface area contributed by atoms with E-state index in [-0.39, 0.29) is 23.1 Å². The largest absolute Gasteiger partial charge is 0.450 e. The predicted octanol–water partition coefficient (Wildman–Crippen LogP) is 4.57. The SMILES string of the molecule is Cc1ccc([N+](=O)[O-])c(Oc2cc(F)cc(CCl)c2)c1. The summed E-state index contributed by atoms with van der Waals surface area (Å²) in [5.41, 5.74) is 1.17. The average molecular weight is 296 g/mol. The molecule has 2 aromatic rings. The molecule has 0 saturated heterocycles. The van der Waals surface area contributed by atoms with E-state index in [1.165, 1.54) is 18.2 Å². The van der Waals surface area contributed by atoms with Crippen molar-refractivity contribution in [2.24, 2.45) is 0 Å². The number of alkyl halides is 1. The van der Waals surface area contributed by atoms with Crippen molar-refractivity contribution in [3.63, 3.8) is 0 Å². The van der Waals surface area contributed by atoms with E-state index in [2.05, 4.69) is 0 Å². The third-order valence-corrected chi connectivity index (χ3v) is 2.93. The lowest BCUT2D eigenvalue weighted by Crippen LogP contribution is -1.95. The minimum Gasteiger partial charge on any atom is -0.450 e. The quantitative estimate of drug-likeness (QED) is 0.471. The average Bonchev–Trinajstić information content (AvgIpc) is 2.37. The lowest BCUT2D eigenvalue weighted by atomic mass is 10.2. The monoisotopic (exact) mass is 295 g/mol. The summed E-state index contributed by atoms with van der Waals surface area (Å²) in [7, 11) is 0. The van der Waals surface area contributed by atoms with Crippen LogP contribution in [0.25, 0.3) is 0 Å². The van der Waals surface area contributed by atoms with Crippen LogP contribution in [0.2, 0.25) is 0 Å². The highest BCUT2D eigenvalue weighted by Gasteiger charge is 2.16. The van der Waals surface area contributed by atoms with Crippen LogP contribution in [0, 0.1) is 22.9 Å². The van der Waals surface area contributed by atoms with Crippen LogP contribution in [0.3, 0.4) is 0 Å². The van der Waals surface area contributed by atoms with Gasteiger partial charge >= 0.3 is 5.69 Å². The van der Waals surface area contributed by atoms with Crippen molar-refractivity contribution in [2.45, 2.75) is 12.8 Å². The Morgan fingerprint density at radius 2 is 2.05 bits per heavy atom. The van der Waals surface area contributed by atoms with Gasteiger partial charge in [-0.3, -0.25) is 10.1 Å². The molecule has 2 rings (SSSR count). The molecule has 104 valence electrons. The normalized spacial score (nSPS) is 10.3. The van der Waals surface area contributed by atoms with Crippen molar-refractivity contribution < 1.29 is 14.1 Å². The maximum Gasteiger partial charge on any atom is 0.311 e. The molecule has 20 heavy (non-hydrogen) atoms. The van der Waals surface area contributed by atoms with Crippen LogP contribution in [-0.2, 0) is 5.88 Å². The molecular formula is C14H11ClFNO3. The van der Waals surface area contributed by atoms with E-state index in [1.807, 2.05) is 0 Å². The highest BCUT2D eigenvalue weighted by Crippen LogP contribution is 2.33. The molecule has 0 heterocycles. The summed E-state index contributed by atoms with van der Waals surface area (Å²) in [6.45, 7) is 1.78. The molecule has 0 aliphatic rings. The van der Waals surface area contributed by atoms with E-state index in [1.54, 1.807) is 19.1 Å². The first-order chi connectivity index (χ1) is 9.49. The number of nitro groups is 1. The molecule has 0 N–H and O–H groups in total. The van der Waals surface area contributed by atoms with Gasteiger partial charge in [0, 0.05) is 18.0 Å². The highest BCUT2D eigenvalue weighted by atomic mass is 35.5. The number of halogens is 2. The first-order valence-electron chi connectivity index (χ1n) is 5.78. The molecule has 0 unspecified atom stereocenters. The minimum atomic E-state index is -0.545. The Morgan fingerprint density at radius 3 is 2.70 bits per heavy atom. The zero-order chi connectivity index (χ0) is 14.7. The summed E-state index contributed by atoms with van der Waals surface area (Å²) in [5.74, 6) is -0.131. The van der Waals surface area contributed by atoms with Crippen LogP contribution < -0.4 is 4.74 Å². The van der Waals surface area contributed by atoms with E-state index in [9.17, 15) is 14.5 Å². The smallest absolute Gasteiger partial charge is 0.311 e. The van der Waals surface area contributed by atoms with E-state index >= 15 is 0 Å². The lowest BCUT2D eigenvalue weighted by Gasteiger charge is -2.08. The van der Waals surface area contributed by atoms with Gasteiger partial charge in [0.05, 0.1) is 4.92 Å². The van der Waals surface area contributed by atoms with Crippen molar-refractivity contribution in [1.82, 2.24) is 0 Å². The third kappa shape index (κ3) is 3.24. The summed E-state index contributed by atoms with van der Waals surface area (Å²) < 4.78 is 18.8. The fraction of sp³-hybridized carbons (Fsp3) is 0.143. The number of benzene rings is 2. The lowest BCUT2D eigenvalue weighted by molar-refractivity contribution is -0.385. The summed E-state index contributed by atoms with van der Waals surface area (Å²) >= 11 is 5.65.